The van der Waals surface area contributed by atoms with Crippen molar-refractivity contribution >= 4 is 5.91 Å². The standard InChI is InChI=1S/C17H20N2O2/c1-14(2)19(12-7-11-18)17(21)16-10-4-3-8-15(16)9-5-6-13-20/h3-4,8,10,14,20H,6-7,12-13H2,1-2H3. The molecule has 0 saturated heterocycles. The maximum atomic E-state index is 12.6. The molecule has 0 radical (unpaired) electrons. The molecule has 0 aliphatic rings. The van der Waals surface area contributed by atoms with E-state index in [0.717, 1.165) is 0 Å². The van der Waals surface area contributed by atoms with Gasteiger partial charge in [-0.3, -0.25) is 4.79 Å². The van der Waals surface area contributed by atoms with Gasteiger partial charge in [0.25, 0.3) is 5.91 Å². The number of rotatable bonds is 5. The van der Waals surface area contributed by atoms with Crippen molar-refractivity contribution in [3.63, 3.8) is 0 Å². The summed E-state index contributed by atoms with van der Waals surface area (Å²) < 4.78 is 0. The summed E-state index contributed by atoms with van der Waals surface area (Å²) in [7, 11) is 0. The van der Waals surface area contributed by atoms with Crippen molar-refractivity contribution in [3.05, 3.63) is 35.4 Å². The average molecular weight is 284 g/mol. The summed E-state index contributed by atoms with van der Waals surface area (Å²) >= 11 is 0. The van der Waals surface area contributed by atoms with E-state index in [1.54, 1.807) is 23.1 Å². The minimum absolute atomic E-state index is 0.00337. The van der Waals surface area contributed by atoms with Crippen molar-refractivity contribution in [2.24, 2.45) is 0 Å². The average Bonchev–Trinajstić information content (AvgIpc) is 2.48. The molecule has 0 aliphatic heterocycles. The number of aliphatic hydroxyl groups is 1. The summed E-state index contributed by atoms with van der Waals surface area (Å²) in [4.78, 5) is 14.3. The second-order valence-electron chi connectivity index (χ2n) is 4.82. The van der Waals surface area contributed by atoms with Crippen LogP contribution in [-0.4, -0.2) is 35.1 Å². The zero-order valence-electron chi connectivity index (χ0n) is 12.5. The fraction of sp³-hybridized carbons (Fsp3) is 0.412. The van der Waals surface area contributed by atoms with Crippen molar-refractivity contribution in [3.8, 4) is 17.9 Å². The topological polar surface area (TPSA) is 64.3 Å². The molecule has 0 unspecified atom stereocenters. The van der Waals surface area contributed by atoms with Gasteiger partial charge >= 0.3 is 0 Å². The van der Waals surface area contributed by atoms with Crippen LogP contribution in [0, 0.1) is 23.2 Å². The largest absolute Gasteiger partial charge is 0.395 e. The van der Waals surface area contributed by atoms with E-state index in [9.17, 15) is 4.79 Å². The van der Waals surface area contributed by atoms with E-state index in [4.69, 9.17) is 10.4 Å². The third kappa shape index (κ3) is 4.95. The van der Waals surface area contributed by atoms with Gasteiger partial charge < -0.3 is 10.0 Å². The molecule has 0 aliphatic carbocycles. The number of nitrogens with zero attached hydrogens (tertiary/aromatic N) is 2. The quantitative estimate of drug-likeness (QED) is 0.843. The highest BCUT2D eigenvalue weighted by Gasteiger charge is 2.20. The molecular weight excluding hydrogens is 264 g/mol. The van der Waals surface area contributed by atoms with Crippen LogP contribution in [0.5, 0.6) is 0 Å². The molecule has 0 heterocycles. The lowest BCUT2D eigenvalue weighted by atomic mass is 10.1. The lowest BCUT2D eigenvalue weighted by Gasteiger charge is -2.26. The number of hydrogen-bond acceptors (Lipinski definition) is 3. The summed E-state index contributed by atoms with van der Waals surface area (Å²) in [6.45, 7) is 4.26. The van der Waals surface area contributed by atoms with Gasteiger partial charge in [-0.05, 0) is 26.0 Å². The first-order valence-corrected chi connectivity index (χ1v) is 6.98. The molecular formula is C17H20N2O2. The number of hydrogen-bond donors (Lipinski definition) is 1. The van der Waals surface area contributed by atoms with Crippen LogP contribution in [0.3, 0.4) is 0 Å². The highest BCUT2D eigenvalue weighted by atomic mass is 16.2. The Morgan fingerprint density at radius 2 is 2.05 bits per heavy atom. The molecule has 4 heteroatoms. The summed E-state index contributed by atoms with van der Waals surface area (Å²) in [5, 5.41) is 17.5. The van der Waals surface area contributed by atoms with Crippen molar-refractivity contribution in [1.82, 2.24) is 4.90 Å². The van der Waals surface area contributed by atoms with Crippen molar-refractivity contribution < 1.29 is 9.90 Å². The second kappa shape index (κ2) is 8.79. The lowest BCUT2D eigenvalue weighted by Crippen LogP contribution is -2.38. The van der Waals surface area contributed by atoms with E-state index in [-0.39, 0.29) is 18.6 Å². The first-order chi connectivity index (χ1) is 10.1. The number of amides is 1. The van der Waals surface area contributed by atoms with Crippen LogP contribution >= 0.6 is 0 Å². The Labute approximate surface area is 126 Å². The molecule has 0 bridgehead atoms. The number of aliphatic hydroxyl groups excluding tert-OH is 1. The number of nitriles is 1. The maximum Gasteiger partial charge on any atom is 0.255 e. The summed E-state index contributed by atoms with van der Waals surface area (Å²) in [6, 6.07) is 9.25. The van der Waals surface area contributed by atoms with Gasteiger partial charge in [0, 0.05) is 24.6 Å². The van der Waals surface area contributed by atoms with Crippen LogP contribution in [-0.2, 0) is 0 Å². The van der Waals surface area contributed by atoms with Gasteiger partial charge in [0.15, 0.2) is 0 Å². The molecule has 1 amide bonds. The Balaban J connectivity index is 3.06. The summed E-state index contributed by atoms with van der Waals surface area (Å²) in [5.41, 5.74) is 1.19. The van der Waals surface area contributed by atoms with Crippen molar-refractivity contribution in [2.45, 2.75) is 32.7 Å². The zero-order chi connectivity index (χ0) is 15.7. The van der Waals surface area contributed by atoms with E-state index < -0.39 is 0 Å². The Bertz CT molecular complexity index is 576. The predicted molar refractivity (Wildman–Crippen MR) is 81.4 cm³/mol. The van der Waals surface area contributed by atoms with Crippen LogP contribution in [0.2, 0.25) is 0 Å². The Hall–Kier alpha value is -2.30. The first-order valence-electron chi connectivity index (χ1n) is 6.98. The van der Waals surface area contributed by atoms with Gasteiger partial charge in [-0.2, -0.15) is 5.26 Å². The molecule has 0 fully saturated rings. The smallest absolute Gasteiger partial charge is 0.255 e. The predicted octanol–water partition coefficient (Wildman–Crippen LogP) is 2.18. The van der Waals surface area contributed by atoms with Crippen LogP contribution in [0.15, 0.2) is 24.3 Å². The monoisotopic (exact) mass is 284 g/mol. The summed E-state index contributed by atoms with van der Waals surface area (Å²) in [6.07, 6.45) is 0.688. The van der Waals surface area contributed by atoms with Crippen LogP contribution in [0.1, 0.15) is 42.6 Å². The Kier molecular flexibility index (Phi) is 7.01. The number of carbonyl (C=O) groups is 1. The van der Waals surface area contributed by atoms with Crippen LogP contribution in [0.4, 0.5) is 0 Å². The van der Waals surface area contributed by atoms with Gasteiger partial charge in [-0.25, -0.2) is 0 Å². The van der Waals surface area contributed by atoms with Crippen molar-refractivity contribution in [2.75, 3.05) is 13.2 Å². The molecule has 1 aromatic carbocycles. The molecule has 21 heavy (non-hydrogen) atoms. The van der Waals surface area contributed by atoms with Gasteiger partial charge in [-0.15, -0.1) is 0 Å². The zero-order valence-corrected chi connectivity index (χ0v) is 12.5. The molecule has 110 valence electrons. The van der Waals surface area contributed by atoms with E-state index >= 15 is 0 Å². The fourth-order valence-corrected chi connectivity index (χ4v) is 1.91. The third-order valence-electron chi connectivity index (χ3n) is 2.97. The minimum atomic E-state index is -0.117. The molecule has 0 saturated carbocycles. The van der Waals surface area contributed by atoms with E-state index in [0.29, 0.717) is 30.5 Å². The van der Waals surface area contributed by atoms with Crippen molar-refractivity contribution in [1.29, 1.82) is 5.26 Å². The van der Waals surface area contributed by atoms with E-state index in [2.05, 4.69) is 17.9 Å². The normalized spacial score (nSPS) is 9.67. The third-order valence-corrected chi connectivity index (χ3v) is 2.97. The van der Waals surface area contributed by atoms with Crippen LogP contribution in [0.25, 0.3) is 0 Å². The van der Waals surface area contributed by atoms with Gasteiger partial charge in [0.05, 0.1) is 24.7 Å². The minimum Gasteiger partial charge on any atom is -0.395 e. The van der Waals surface area contributed by atoms with Gasteiger partial charge in [0.1, 0.15) is 0 Å². The highest BCUT2D eigenvalue weighted by molar-refractivity contribution is 5.97. The molecule has 1 rings (SSSR count). The maximum absolute atomic E-state index is 12.6. The molecule has 0 aromatic heterocycles. The Morgan fingerprint density at radius 1 is 1.33 bits per heavy atom. The van der Waals surface area contributed by atoms with E-state index in [1.807, 2.05) is 19.9 Å². The molecule has 0 atom stereocenters. The molecule has 1 N–H and O–H groups in total. The lowest BCUT2D eigenvalue weighted by molar-refractivity contribution is 0.0710. The number of benzene rings is 1. The fourth-order valence-electron chi connectivity index (χ4n) is 1.91. The summed E-state index contributed by atoms with van der Waals surface area (Å²) in [5.74, 6) is 5.64. The van der Waals surface area contributed by atoms with Crippen LogP contribution < -0.4 is 0 Å². The molecule has 1 aromatic rings. The SMILES string of the molecule is CC(C)N(CCC#N)C(=O)c1ccccc1C#CCCO. The molecule has 4 nitrogen and oxygen atoms in total. The van der Waals surface area contributed by atoms with E-state index in [1.165, 1.54) is 0 Å². The molecule has 0 spiro atoms. The highest BCUT2D eigenvalue weighted by Crippen LogP contribution is 2.13. The first kappa shape index (κ1) is 16.8. The van der Waals surface area contributed by atoms with Gasteiger partial charge in [0.2, 0.25) is 0 Å². The van der Waals surface area contributed by atoms with Gasteiger partial charge in [-0.1, -0.05) is 24.0 Å². The number of carbonyl (C=O) groups excluding carboxylic acids is 1. The Morgan fingerprint density at radius 3 is 2.67 bits per heavy atom. The second-order valence-corrected chi connectivity index (χ2v) is 4.82.